The first-order valence-electron chi connectivity index (χ1n) is 10.5. The SMILES string of the molecule is COc1ccc2[nH]cc(C3CCN(C(=O)CCc4nc(-c5cccs5)no4)CC3)c2c1. The second-order valence-electron chi connectivity index (χ2n) is 7.80. The van der Waals surface area contributed by atoms with E-state index in [0.29, 0.717) is 30.5 Å². The topological polar surface area (TPSA) is 84.2 Å². The van der Waals surface area contributed by atoms with Crippen LogP contribution >= 0.6 is 11.3 Å². The zero-order chi connectivity index (χ0) is 21.2. The molecule has 1 aromatic carbocycles. The molecule has 1 aliphatic heterocycles. The first-order chi connectivity index (χ1) is 15.2. The summed E-state index contributed by atoms with van der Waals surface area (Å²) in [6, 6.07) is 10.0. The Kier molecular flexibility index (Phi) is 5.46. The summed E-state index contributed by atoms with van der Waals surface area (Å²) >= 11 is 1.57. The van der Waals surface area contributed by atoms with Crippen molar-refractivity contribution in [2.75, 3.05) is 20.2 Å². The number of rotatable bonds is 6. The number of aryl methyl sites for hydroxylation is 1. The number of nitrogens with zero attached hydrogens (tertiary/aromatic N) is 3. The number of aromatic amines is 1. The molecule has 8 heteroatoms. The summed E-state index contributed by atoms with van der Waals surface area (Å²) in [4.78, 5) is 23.4. The molecule has 4 heterocycles. The molecule has 1 saturated heterocycles. The van der Waals surface area contributed by atoms with Gasteiger partial charge >= 0.3 is 0 Å². The van der Waals surface area contributed by atoms with Crippen LogP contribution in [0.3, 0.4) is 0 Å². The van der Waals surface area contributed by atoms with Crippen LogP contribution in [0.15, 0.2) is 46.4 Å². The van der Waals surface area contributed by atoms with Gasteiger partial charge < -0.3 is 19.1 Å². The fourth-order valence-electron chi connectivity index (χ4n) is 4.26. The highest BCUT2D eigenvalue weighted by molar-refractivity contribution is 7.13. The fraction of sp³-hybridized carbons (Fsp3) is 0.348. The van der Waals surface area contributed by atoms with E-state index in [0.717, 1.165) is 42.1 Å². The third-order valence-electron chi connectivity index (χ3n) is 5.97. The minimum absolute atomic E-state index is 0.148. The number of amides is 1. The van der Waals surface area contributed by atoms with Crippen molar-refractivity contribution in [1.29, 1.82) is 0 Å². The van der Waals surface area contributed by atoms with Crippen molar-refractivity contribution in [2.24, 2.45) is 0 Å². The van der Waals surface area contributed by atoms with E-state index >= 15 is 0 Å². The smallest absolute Gasteiger partial charge is 0.227 e. The summed E-state index contributed by atoms with van der Waals surface area (Å²) in [5, 5.41) is 7.20. The maximum absolute atomic E-state index is 12.7. The van der Waals surface area contributed by atoms with E-state index in [9.17, 15) is 4.79 Å². The highest BCUT2D eigenvalue weighted by atomic mass is 32.1. The Labute approximate surface area is 184 Å². The molecule has 0 saturated carbocycles. The minimum atomic E-state index is 0.148. The number of piperidine rings is 1. The Hall–Kier alpha value is -3.13. The van der Waals surface area contributed by atoms with Crippen LogP contribution in [0.1, 0.15) is 36.6 Å². The molecule has 0 radical (unpaired) electrons. The predicted molar refractivity (Wildman–Crippen MR) is 119 cm³/mol. The molecule has 0 atom stereocenters. The van der Waals surface area contributed by atoms with Gasteiger partial charge in [-0.05, 0) is 54.0 Å². The Morgan fingerprint density at radius 3 is 2.97 bits per heavy atom. The molecule has 1 N–H and O–H groups in total. The average molecular weight is 437 g/mol. The van der Waals surface area contributed by atoms with E-state index in [1.165, 1.54) is 10.9 Å². The van der Waals surface area contributed by atoms with E-state index in [4.69, 9.17) is 9.26 Å². The summed E-state index contributed by atoms with van der Waals surface area (Å²) in [5.74, 6) is 2.56. The molecule has 1 aliphatic rings. The molecule has 7 nitrogen and oxygen atoms in total. The van der Waals surface area contributed by atoms with Gasteiger partial charge in [0, 0.05) is 43.0 Å². The summed E-state index contributed by atoms with van der Waals surface area (Å²) in [6.45, 7) is 1.54. The van der Waals surface area contributed by atoms with Crippen LogP contribution in [-0.4, -0.2) is 46.1 Å². The maximum atomic E-state index is 12.7. The molecule has 160 valence electrons. The van der Waals surface area contributed by atoms with Crippen LogP contribution in [0.4, 0.5) is 0 Å². The molecule has 0 bridgehead atoms. The summed E-state index contributed by atoms with van der Waals surface area (Å²) in [6.07, 6.45) is 4.88. The Balaban J connectivity index is 1.17. The summed E-state index contributed by atoms with van der Waals surface area (Å²) in [7, 11) is 1.69. The second-order valence-corrected chi connectivity index (χ2v) is 8.75. The number of methoxy groups -OCH3 is 1. The zero-order valence-electron chi connectivity index (χ0n) is 17.3. The number of aromatic nitrogens is 3. The molecule has 1 amide bonds. The third kappa shape index (κ3) is 4.07. The number of ether oxygens (including phenoxy) is 1. The number of thiophene rings is 1. The molecule has 4 aromatic rings. The van der Waals surface area contributed by atoms with Crippen LogP contribution in [0, 0.1) is 0 Å². The lowest BCUT2D eigenvalue weighted by Gasteiger charge is -2.32. The van der Waals surface area contributed by atoms with Crippen molar-refractivity contribution in [1.82, 2.24) is 20.0 Å². The predicted octanol–water partition coefficient (Wildman–Crippen LogP) is 4.63. The fourth-order valence-corrected chi connectivity index (χ4v) is 4.91. The zero-order valence-corrected chi connectivity index (χ0v) is 18.2. The van der Waals surface area contributed by atoms with Gasteiger partial charge in [-0.15, -0.1) is 11.3 Å². The van der Waals surface area contributed by atoms with E-state index < -0.39 is 0 Å². The Morgan fingerprint density at radius 1 is 1.32 bits per heavy atom. The first-order valence-corrected chi connectivity index (χ1v) is 11.4. The molecule has 0 unspecified atom stereocenters. The van der Waals surface area contributed by atoms with Crippen molar-refractivity contribution >= 4 is 28.1 Å². The molecule has 31 heavy (non-hydrogen) atoms. The van der Waals surface area contributed by atoms with Gasteiger partial charge in [0.1, 0.15) is 5.75 Å². The second kappa shape index (κ2) is 8.55. The summed E-state index contributed by atoms with van der Waals surface area (Å²) in [5.41, 5.74) is 2.43. The van der Waals surface area contributed by atoms with Crippen LogP contribution in [0.2, 0.25) is 0 Å². The normalized spacial score (nSPS) is 14.9. The first kappa shape index (κ1) is 19.8. The van der Waals surface area contributed by atoms with Crippen molar-refractivity contribution in [2.45, 2.75) is 31.6 Å². The molecular formula is C23H24N4O3S. The van der Waals surface area contributed by atoms with E-state index in [1.807, 2.05) is 28.5 Å². The molecule has 0 aliphatic carbocycles. The number of carbonyl (C=O) groups excluding carboxylic acids is 1. The van der Waals surface area contributed by atoms with Gasteiger partial charge in [0.15, 0.2) is 0 Å². The van der Waals surface area contributed by atoms with Gasteiger partial charge in [0.2, 0.25) is 17.6 Å². The lowest BCUT2D eigenvalue weighted by Crippen LogP contribution is -2.38. The van der Waals surface area contributed by atoms with Gasteiger partial charge in [-0.1, -0.05) is 11.2 Å². The number of nitrogens with one attached hydrogen (secondary N) is 1. The quantitative estimate of drug-likeness (QED) is 0.476. The van der Waals surface area contributed by atoms with Gasteiger partial charge in [0.05, 0.1) is 12.0 Å². The van der Waals surface area contributed by atoms with Crippen molar-refractivity contribution in [3.05, 3.63) is 53.4 Å². The summed E-state index contributed by atoms with van der Waals surface area (Å²) < 4.78 is 10.7. The van der Waals surface area contributed by atoms with E-state index in [2.05, 4.69) is 33.5 Å². The number of fused-ring (bicyclic) bond motifs is 1. The van der Waals surface area contributed by atoms with Gasteiger partial charge in [-0.2, -0.15) is 4.98 Å². The van der Waals surface area contributed by atoms with Crippen molar-refractivity contribution in [3.63, 3.8) is 0 Å². The molecule has 3 aromatic heterocycles. The maximum Gasteiger partial charge on any atom is 0.227 e. The van der Waals surface area contributed by atoms with Crippen LogP contribution in [0.5, 0.6) is 5.75 Å². The third-order valence-corrected chi connectivity index (χ3v) is 6.84. The Morgan fingerprint density at radius 2 is 2.19 bits per heavy atom. The number of hydrogen-bond acceptors (Lipinski definition) is 6. The molecular weight excluding hydrogens is 412 g/mol. The lowest BCUT2D eigenvalue weighted by molar-refractivity contribution is -0.132. The average Bonchev–Trinajstić information content (AvgIpc) is 3.57. The van der Waals surface area contributed by atoms with Crippen LogP contribution in [-0.2, 0) is 11.2 Å². The van der Waals surface area contributed by atoms with E-state index in [-0.39, 0.29) is 5.91 Å². The Bertz CT molecular complexity index is 1170. The highest BCUT2D eigenvalue weighted by Crippen LogP contribution is 2.34. The number of H-pyrrole nitrogens is 1. The van der Waals surface area contributed by atoms with Crippen molar-refractivity contribution in [3.8, 4) is 16.5 Å². The van der Waals surface area contributed by atoms with Gasteiger partial charge in [-0.3, -0.25) is 4.79 Å². The largest absolute Gasteiger partial charge is 0.497 e. The number of carbonyl (C=O) groups is 1. The highest BCUT2D eigenvalue weighted by Gasteiger charge is 2.26. The minimum Gasteiger partial charge on any atom is -0.497 e. The number of likely N-dealkylation sites (tertiary alicyclic amines) is 1. The lowest BCUT2D eigenvalue weighted by atomic mass is 9.89. The molecule has 5 rings (SSSR count). The number of benzene rings is 1. The molecule has 1 fully saturated rings. The standard InChI is InChI=1S/C23H24N4O3S/c1-29-16-4-5-19-17(13-16)18(14-24-19)15-8-10-27(11-9-15)22(28)7-6-21-25-23(26-30-21)20-3-2-12-31-20/h2-5,12-15,24H,6-11H2,1H3. The van der Waals surface area contributed by atoms with Crippen molar-refractivity contribution < 1.29 is 14.1 Å². The monoisotopic (exact) mass is 436 g/mol. The number of hydrogen-bond donors (Lipinski definition) is 1. The van der Waals surface area contributed by atoms with Gasteiger partial charge in [0.25, 0.3) is 0 Å². The van der Waals surface area contributed by atoms with Crippen LogP contribution < -0.4 is 4.74 Å². The van der Waals surface area contributed by atoms with Crippen LogP contribution in [0.25, 0.3) is 21.6 Å². The molecule has 0 spiro atoms. The van der Waals surface area contributed by atoms with E-state index in [1.54, 1.807) is 18.4 Å². The van der Waals surface area contributed by atoms with Gasteiger partial charge in [-0.25, -0.2) is 0 Å².